The number of halogens is 3. The van der Waals surface area contributed by atoms with Crippen LogP contribution in [-0.4, -0.2) is 14.1 Å². The fraction of sp³-hybridized carbons (Fsp3) is 0.462. The molecule has 0 aromatic carbocycles. The van der Waals surface area contributed by atoms with Crippen LogP contribution < -0.4 is 11.2 Å². The summed E-state index contributed by atoms with van der Waals surface area (Å²) in [5.41, 5.74) is -2.69. The molecule has 2 aromatic rings. The van der Waals surface area contributed by atoms with Crippen molar-refractivity contribution in [2.24, 2.45) is 13.0 Å². The summed E-state index contributed by atoms with van der Waals surface area (Å²) in [6.07, 6.45) is -4.63. The first-order valence-corrected chi connectivity index (χ1v) is 6.30. The molecule has 0 unspecified atom stereocenters. The quantitative estimate of drug-likeness (QED) is 0.849. The average molecular weight is 301 g/mol. The first-order valence-electron chi connectivity index (χ1n) is 6.30. The van der Waals surface area contributed by atoms with Crippen molar-refractivity contribution >= 4 is 11.0 Å². The first-order chi connectivity index (χ1) is 9.62. The molecular weight excluding hydrogens is 287 g/mol. The molecule has 2 rings (SSSR count). The van der Waals surface area contributed by atoms with E-state index >= 15 is 0 Å². The van der Waals surface area contributed by atoms with Gasteiger partial charge in [-0.05, 0) is 18.1 Å². The van der Waals surface area contributed by atoms with Crippen molar-refractivity contribution < 1.29 is 13.2 Å². The number of rotatable bonds is 2. The number of aromatic nitrogens is 3. The third kappa shape index (κ3) is 2.70. The van der Waals surface area contributed by atoms with E-state index in [1.165, 1.54) is 7.05 Å². The van der Waals surface area contributed by atoms with E-state index in [2.05, 4.69) is 4.98 Å². The van der Waals surface area contributed by atoms with E-state index in [-0.39, 0.29) is 23.5 Å². The maximum atomic E-state index is 12.7. The van der Waals surface area contributed by atoms with E-state index in [0.29, 0.717) is 0 Å². The van der Waals surface area contributed by atoms with Gasteiger partial charge in [0.25, 0.3) is 5.56 Å². The Hall–Kier alpha value is -2.12. The minimum Gasteiger partial charge on any atom is -0.280 e. The van der Waals surface area contributed by atoms with Gasteiger partial charge in [-0.15, -0.1) is 0 Å². The molecule has 0 bridgehead atoms. The molecule has 8 heteroatoms. The molecule has 0 radical (unpaired) electrons. The topological polar surface area (TPSA) is 56.9 Å². The standard InChI is InChI=1S/C13H14F3N3O2/c1-7(2)6-19-11(20)8-4-5-9(13(14,15)16)17-10(8)18(3)12(19)21/h4-5,7H,6H2,1-3H3. The predicted molar refractivity (Wildman–Crippen MR) is 71.1 cm³/mol. The van der Waals surface area contributed by atoms with Gasteiger partial charge in [0, 0.05) is 13.6 Å². The molecule has 0 atom stereocenters. The van der Waals surface area contributed by atoms with Crippen LogP contribution in [0.25, 0.3) is 11.0 Å². The van der Waals surface area contributed by atoms with Crippen LogP contribution in [0.3, 0.4) is 0 Å². The van der Waals surface area contributed by atoms with Gasteiger partial charge in [0.2, 0.25) is 0 Å². The molecule has 0 spiro atoms. The van der Waals surface area contributed by atoms with Gasteiger partial charge in [0.15, 0.2) is 0 Å². The minimum absolute atomic E-state index is 0.00856. The summed E-state index contributed by atoms with van der Waals surface area (Å²) in [6.45, 7) is 3.87. The Morgan fingerprint density at radius 2 is 1.86 bits per heavy atom. The van der Waals surface area contributed by atoms with Crippen molar-refractivity contribution in [3.05, 3.63) is 38.7 Å². The first kappa shape index (κ1) is 15.3. The smallest absolute Gasteiger partial charge is 0.280 e. The van der Waals surface area contributed by atoms with Crippen LogP contribution in [0.1, 0.15) is 19.5 Å². The van der Waals surface area contributed by atoms with Gasteiger partial charge in [-0.25, -0.2) is 9.78 Å². The monoisotopic (exact) mass is 301 g/mol. The molecule has 0 aliphatic heterocycles. The zero-order valence-electron chi connectivity index (χ0n) is 11.7. The van der Waals surface area contributed by atoms with Gasteiger partial charge in [0.05, 0.1) is 5.39 Å². The second-order valence-electron chi connectivity index (χ2n) is 5.22. The second kappa shape index (κ2) is 5.01. The Morgan fingerprint density at radius 1 is 1.24 bits per heavy atom. The number of alkyl halides is 3. The maximum Gasteiger partial charge on any atom is 0.433 e. The number of hydrogen-bond donors (Lipinski definition) is 0. The van der Waals surface area contributed by atoms with Crippen LogP contribution in [-0.2, 0) is 19.8 Å². The Balaban J connectivity index is 2.83. The van der Waals surface area contributed by atoms with E-state index in [1.54, 1.807) is 0 Å². The fourth-order valence-electron chi connectivity index (χ4n) is 2.06. The number of hydrogen-bond acceptors (Lipinski definition) is 3. The SMILES string of the molecule is CC(C)Cn1c(=O)c2ccc(C(F)(F)F)nc2n(C)c1=O. The minimum atomic E-state index is -4.63. The third-order valence-corrected chi connectivity index (χ3v) is 3.02. The zero-order valence-corrected chi connectivity index (χ0v) is 11.7. The van der Waals surface area contributed by atoms with Crippen molar-refractivity contribution in [1.29, 1.82) is 0 Å². The van der Waals surface area contributed by atoms with E-state index in [0.717, 1.165) is 21.3 Å². The molecule has 114 valence electrons. The van der Waals surface area contributed by atoms with Crippen LogP contribution in [0.4, 0.5) is 13.2 Å². The van der Waals surface area contributed by atoms with Crippen molar-refractivity contribution in [3.63, 3.8) is 0 Å². The number of nitrogens with zero attached hydrogens (tertiary/aromatic N) is 3. The molecule has 2 aromatic heterocycles. The lowest BCUT2D eigenvalue weighted by atomic mass is 10.2. The summed E-state index contributed by atoms with van der Waals surface area (Å²) in [5.74, 6) is 0.0512. The maximum absolute atomic E-state index is 12.7. The Labute approximate surface area is 117 Å². The van der Waals surface area contributed by atoms with Crippen LogP contribution in [0.15, 0.2) is 21.7 Å². The summed E-state index contributed by atoms with van der Waals surface area (Å²) in [5, 5.41) is -0.00856. The van der Waals surface area contributed by atoms with Gasteiger partial charge in [-0.1, -0.05) is 13.8 Å². The highest BCUT2D eigenvalue weighted by atomic mass is 19.4. The highest BCUT2D eigenvalue weighted by molar-refractivity contribution is 5.74. The van der Waals surface area contributed by atoms with Gasteiger partial charge >= 0.3 is 11.9 Å². The fourth-order valence-corrected chi connectivity index (χ4v) is 2.06. The zero-order chi connectivity index (χ0) is 15.9. The Morgan fingerprint density at radius 3 is 2.38 bits per heavy atom. The lowest BCUT2D eigenvalue weighted by Gasteiger charge is -2.13. The van der Waals surface area contributed by atoms with E-state index in [4.69, 9.17) is 0 Å². The highest BCUT2D eigenvalue weighted by Gasteiger charge is 2.33. The van der Waals surface area contributed by atoms with Crippen LogP contribution >= 0.6 is 0 Å². The van der Waals surface area contributed by atoms with Crippen molar-refractivity contribution in [2.75, 3.05) is 0 Å². The van der Waals surface area contributed by atoms with E-state index in [9.17, 15) is 22.8 Å². The predicted octanol–water partition coefficient (Wildman–Crippen LogP) is 1.77. The summed E-state index contributed by atoms with van der Waals surface area (Å²) < 4.78 is 40.0. The number of aryl methyl sites for hydroxylation is 1. The van der Waals surface area contributed by atoms with Gasteiger partial charge in [0.1, 0.15) is 11.3 Å². The molecular formula is C13H14F3N3O2. The van der Waals surface area contributed by atoms with Crippen molar-refractivity contribution in [3.8, 4) is 0 Å². The largest absolute Gasteiger partial charge is 0.433 e. The Bertz CT molecular complexity index is 803. The van der Waals surface area contributed by atoms with E-state index in [1.807, 2.05) is 13.8 Å². The molecule has 2 heterocycles. The molecule has 0 saturated heterocycles. The summed E-state index contributed by atoms with van der Waals surface area (Å²) >= 11 is 0. The normalized spacial score (nSPS) is 12.3. The lowest BCUT2D eigenvalue weighted by Crippen LogP contribution is -2.40. The molecule has 0 amide bonds. The van der Waals surface area contributed by atoms with Gasteiger partial charge in [-0.3, -0.25) is 13.9 Å². The van der Waals surface area contributed by atoms with E-state index < -0.39 is 23.1 Å². The molecule has 0 aliphatic rings. The molecule has 0 fully saturated rings. The van der Waals surface area contributed by atoms with Gasteiger partial charge < -0.3 is 0 Å². The summed E-state index contributed by atoms with van der Waals surface area (Å²) in [7, 11) is 1.30. The summed E-state index contributed by atoms with van der Waals surface area (Å²) in [6, 6.07) is 1.80. The summed E-state index contributed by atoms with van der Waals surface area (Å²) in [4.78, 5) is 27.7. The number of pyridine rings is 1. The van der Waals surface area contributed by atoms with Crippen molar-refractivity contribution in [2.45, 2.75) is 26.6 Å². The second-order valence-corrected chi connectivity index (χ2v) is 5.22. The van der Waals surface area contributed by atoms with Gasteiger partial charge in [-0.2, -0.15) is 13.2 Å². The molecule has 0 aliphatic carbocycles. The third-order valence-electron chi connectivity index (χ3n) is 3.02. The lowest BCUT2D eigenvalue weighted by molar-refractivity contribution is -0.141. The Kier molecular flexibility index (Phi) is 3.65. The number of fused-ring (bicyclic) bond motifs is 1. The molecule has 0 saturated carbocycles. The van der Waals surface area contributed by atoms with Crippen LogP contribution in [0, 0.1) is 5.92 Å². The van der Waals surface area contributed by atoms with Crippen LogP contribution in [0.2, 0.25) is 0 Å². The molecule has 5 nitrogen and oxygen atoms in total. The molecule has 21 heavy (non-hydrogen) atoms. The van der Waals surface area contributed by atoms with Crippen molar-refractivity contribution in [1.82, 2.24) is 14.1 Å². The highest BCUT2D eigenvalue weighted by Crippen LogP contribution is 2.28. The molecule has 0 N–H and O–H groups in total. The average Bonchev–Trinajstić information content (AvgIpc) is 2.39. The van der Waals surface area contributed by atoms with Crippen LogP contribution in [0.5, 0.6) is 0 Å².